The smallest absolute Gasteiger partial charge is 0.129 e. The highest BCUT2D eigenvalue weighted by Crippen LogP contribution is 2.13. The van der Waals surface area contributed by atoms with Crippen molar-refractivity contribution in [3.05, 3.63) is 18.1 Å². The Morgan fingerprint density at radius 3 is 3.12 bits per heavy atom. The molecule has 94 valence electrons. The highest BCUT2D eigenvalue weighted by molar-refractivity contribution is 5.35. The number of aromatic nitrogens is 2. The van der Waals surface area contributed by atoms with E-state index >= 15 is 0 Å². The molecule has 0 amide bonds. The number of nitrogens with zero attached hydrogens (tertiary/aromatic N) is 2. The Morgan fingerprint density at radius 2 is 2.41 bits per heavy atom. The quantitative estimate of drug-likeness (QED) is 0.816. The van der Waals surface area contributed by atoms with Crippen LogP contribution in [-0.2, 0) is 4.74 Å². The third-order valence-electron chi connectivity index (χ3n) is 2.81. The second-order valence-electron chi connectivity index (χ2n) is 4.59. The zero-order valence-electron chi connectivity index (χ0n) is 10.4. The largest absolute Gasteiger partial charge is 0.378 e. The minimum atomic E-state index is 0.362. The first kappa shape index (κ1) is 12.3. The molecule has 0 radical (unpaired) electrons. The van der Waals surface area contributed by atoms with Gasteiger partial charge in [0.15, 0.2) is 0 Å². The molecule has 1 aliphatic rings. The van der Waals surface area contributed by atoms with Crippen LogP contribution in [0.25, 0.3) is 0 Å². The number of ether oxygens (including phenoxy) is 1. The molecule has 5 nitrogen and oxygen atoms in total. The summed E-state index contributed by atoms with van der Waals surface area (Å²) in [4.78, 5) is 8.46. The van der Waals surface area contributed by atoms with Gasteiger partial charge in [-0.1, -0.05) is 13.8 Å². The Hall–Kier alpha value is -1.20. The number of nitrogens with one attached hydrogen (secondary N) is 2. The summed E-state index contributed by atoms with van der Waals surface area (Å²) in [6, 6.07) is 2.37. The van der Waals surface area contributed by atoms with Gasteiger partial charge in [-0.25, -0.2) is 9.97 Å². The van der Waals surface area contributed by atoms with E-state index in [0.717, 1.165) is 37.8 Å². The summed E-state index contributed by atoms with van der Waals surface area (Å²) in [7, 11) is 0. The van der Waals surface area contributed by atoms with Crippen molar-refractivity contribution >= 4 is 5.82 Å². The van der Waals surface area contributed by atoms with Gasteiger partial charge >= 0.3 is 0 Å². The van der Waals surface area contributed by atoms with Gasteiger partial charge in [-0.05, 0) is 5.92 Å². The summed E-state index contributed by atoms with van der Waals surface area (Å²) in [5.74, 6) is 1.31. The number of hydrogen-bond acceptors (Lipinski definition) is 5. The highest BCUT2D eigenvalue weighted by atomic mass is 16.5. The van der Waals surface area contributed by atoms with Gasteiger partial charge in [-0.3, -0.25) is 0 Å². The second kappa shape index (κ2) is 5.93. The molecule has 5 heteroatoms. The molecule has 2 heterocycles. The van der Waals surface area contributed by atoms with E-state index < -0.39 is 0 Å². The third-order valence-corrected chi connectivity index (χ3v) is 2.81. The molecule has 1 aromatic heterocycles. The predicted molar refractivity (Wildman–Crippen MR) is 67.2 cm³/mol. The summed E-state index contributed by atoms with van der Waals surface area (Å²) in [6.45, 7) is 7.57. The zero-order valence-corrected chi connectivity index (χ0v) is 10.4. The van der Waals surface area contributed by atoms with E-state index in [0.29, 0.717) is 12.0 Å². The lowest BCUT2D eigenvalue weighted by Crippen LogP contribution is -2.45. The van der Waals surface area contributed by atoms with E-state index in [9.17, 15) is 0 Å². The maximum absolute atomic E-state index is 5.40. The normalized spacial score (nSPS) is 20.5. The Bertz CT molecular complexity index is 350. The molecular formula is C12H20N4O. The molecule has 0 spiro atoms. The van der Waals surface area contributed by atoms with E-state index in [1.54, 1.807) is 6.33 Å². The Balaban J connectivity index is 1.87. The van der Waals surface area contributed by atoms with Crippen LogP contribution in [-0.4, -0.2) is 42.3 Å². The van der Waals surface area contributed by atoms with Crippen LogP contribution in [0.2, 0.25) is 0 Å². The fourth-order valence-corrected chi connectivity index (χ4v) is 1.76. The average molecular weight is 236 g/mol. The average Bonchev–Trinajstić information content (AvgIpc) is 2.38. The summed E-state index contributed by atoms with van der Waals surface area (Å²) in [5.41, 5.74) is 1.07. The molecule has 2 rings (SSSR count). The molecule has 0 aliphatic carbocycles. The van der Waals surface area contributed by atoms with Gasteiger partial charge < -0.3 is 15.4 Å². The number of anilines is 1. The Morgan fingerprint density at radius 1 is 1.53 bits per heavy atom. The van der Waals surface area contributed by atoms with Crippen LogP contribution >= 0.6 is 0 Å². The van der Waals surface area contributed by atoms with E-state index in [-0.39, 0.29) is 0 Å². The lowest BCUT2D eigenvalue weighted by Gasteiger charge is -2.24. The fourth-order valence-electron chi connectivity index (χ4n) is 1.76. The van der Waals surface area contributed by atoms with Crippen LogP contribution in [0.5, 0.6) is 0 Å². The summed E-state index contributed by atoms with van der Waals surface area (Å²) >= 11 is 0. The first-order valence-corrected chi connectivity index (χ1v) is 6.12. The lowest BCUT2D eigenvalue weighted by molar-refractivity contribution is 0.0806. The van der Waals surface area contributed by atoms with E-state index in [1.165, 1.54) is 0 Å². The summed E-state index contributed by atoms with van der Waals surface area (Å²) in [6.07, 6.45) is 1.61. The first-order valence-electron chi connectivity index (χ1n) is 6.12. The molecule has 1 saturated heterocycles. The highest BCUT2D eigenvalue weighted by Gasteiger charge is 2.12. The van der Waals surface area contributed by atoms with Crippen LogP contribution in [0.1, 0.15) is 25.5 Å². The Labute approximate surface area is 102 Å². The van der Waals surface area contributed by atoms with Gasteiger partial charge in [0.05, 0.1) is 13.2 Å². The van der Waals surface area contributed by atoms with Gasteiger partial charge in [0.1, 0.15) is 12.1 Å². The number of rotatable bonds is 4. The van der Waals surface area contributed by atoms with Gasteiger partial charge in [0, 0.05) is 30.9 Å². The summed E-state index contributed by atoms with van der Waals surface area (Å²) in [5, 5.41) is 6.71. The Kier molecular flexibility index (Phi) is 4.28. The van der Waals surface area contributed by atoms with Crippen molar-refractivity contribution in [1.29, 1.82) is 0 Å². The van der Waals surface area contributed by atoms with Gasteiger partial charge in [-0.2, -0.15) is 0 Å². The number of hydrogen-bond donors (Lipinski definition) is 2. The zero-order chi connectivity index (χ0) is 12.1. The van der Waals surface area contributed by atoms with E-state index in [1.807, 2.05) is 6.07 Å². The molecule has 0 saturated carbocycles. The molecular weight excluding hydrogens is 216 g/mol. The van der Waals surface area contributed by atoms with Crippen LogP contribution in [0.15, 0.2) is 12.4 Å². The van der Waals surface area contributed by atoms with Gasteiger partial charge in [0.2, 0.25) is 0 Å². The van der Waals surface area contributed by atoms with Crippen molar-refractivity contribution in [2.75, 3.05) is 31.6 Å². The van der Waals surface area contributed by atoms with Gasteiger partial charge in [-0.15, -0.1) is 0 Å². The van der Waals surface area contributed by atoms with Gasteiger partial charge in [0.25, 0.3) is 0 Å². The molecule has 0 aromatic carbocycles. The molecule has 2 N–H and O–H groups in total. The monoisotopic (exact) mass is 236 g/mol. The topological polar surface area (TPSA) is 59.1 Å². The molecule has 0 bridgehead atoms. The molecule has 1 fully saturated rings. The predicted octanol–water partition coefficient (Wildman–Crippen LogP) is 1.00. The van der Waals surface area contributed by atoms with Crippen LogP contribution in [0.3, 0.4) is 0 Å². The SMILES string of the molecule is CC(C)c1cc(NCC2COCCN2)ncn1. The second-order valence-corrected chi connectivity index (χ2v) is 4.59. The third kappa shape index (κ3) is 3.64. The van der Waals surface area contributed by atoms with Crippen LogP contribution in [0.4, 0.5) is 5.82 Å². The van der Waals surface area contributed by atoms with E-state index in [2.05, 4.69) is 34.4 Å². The minimum absolute atomic E-state index is 0.362. The number of morpholine rings is 1. The first-order chi connectivity index (χ1) is 8.25. The van der Waals surface area contributed by atoms with Crippen molar-refractivity contribution in [3.8, 4) is 0 Å². The van der Waals surface area contributed by atoms with Crippen molar-refractivity contribution < 1.29 is 4.74 Å². The fraction of sp³-hybridized carbons (Fsp3) is 0.667. The molecule has 17 heavy (non-hydrogen) atoms. The van der Waals surface area contributed by atoms with Crippen LogP contribution < -0.4 is 10.6 Å². The van der Waals surface area contributed by atoms with Crippen molar-refractivity contribution in [1.82, 2.24) is 15.3 Å². The van der Waals surface area contributed by atoms with Crippen molar-refractivity contribution in [2.24, 2.45) is 0 Å². The van der Waals surface area contributed by atoms with E-state index in [4.69, 9.17) is 4.74 Å². The maximum Gasteiger partial charge on any atom is 0.129 e. The molecule has 1 aromatic rings. The summed E-state index contributed by atoms with van der Waals surface area (Å²) < 4.78 is 5.40. The molecule has 1 unspecified atom stereocenters. The lowest BCUT2D eigenvalue weighted by atomic mass is 10.1. The molecule has 1 atom stereocenters. The van der Waals surface area contributed by atoms with Crippen molar-refractivity contribution in [2.45, 2.75) is 25.8 Å². The van der Waals surface area contributed by atoms with Crippen molar-refractivity contribution in [3.63, 3.8) is 0 Å². The standard InChI is InChI=1S/C12H20N4O/c1-9(2)11-5-12(16-8-15-11)14-6-10-7-17-4-3-13-10/h5,8-10,13H,3-4,6-7H2,1-2H3,(H,14,15,16). The van der Waals surface area contributed by atoms with Crippen LogP contribution in [0, 0.1) is 0 Å². The molecule has 1 aliphatic heterocycles. The maximum atomic E-state index is 5.40. The minimum Gasteiger partial charge on any atom is -0.378 e.